The van der Waals surface area contributed by atoms with Gasteiger partial charge in [0.1, 0.15) is 17.5 Å². The Morgan fingerprint density at radius 1 is 1.18 bits per heavy atom. The number of carboxylic acid groups (broad SMARTS) is 1. The lowest BCUT2D eigenvalue weighted by Crippen LogP contribution is -2.53. The lowest BCUT2D eigenvalue weighted by molar-refractivity contribution is -0.159. The van der Waals surface area contributed by atoms with Crippen molar-refractivity contribution in [1.82, 2.24) is 9.88 Å². The third-order valence-corrected chi connectivity index (χ3v) is 5.36. The highest BCUT2D eigenvalue weighted by atomic mass is 16.5. The molecule has 2 aromatic carbocycles. The predicted octanol–water partition coefficient (Wildman–Crippen LogP) is 3.54. The van der Waals surface area contributed by atoms with Gasteiger partial charge in [-0.25, -0.2) is 4.79 Å². The molecular formula is C22H21N3O3. The Bertz CT molecular complexity index is 1040. The fourth-order valence-corrected chi connectivity index (χ4v) is 3.74. The molecule has 4 rings (SSSR count). The molecule has 2 N–H and O–H groups in total. The van der Waals surface area contributed by atoms with Crippen LogP contribution in [0.5, 0.6) is 5.75 Å². The first-order valence-corrected chi connectivity index (χ1v) is 9.29. The largest absolute Gasteiger partial charge is 0.478 e. The van der Waals surface area contributed by atoms with E-state index in [4.69, 9.17) is 10.00 Å². The standard InChI is InChI=1S/C22H21N3O3/c23-13-19-11-16(14-24-19)15-25-9-7-22(8-10-25,21(26)27)28-20-6-5-17-3-1-2-4-18(17)12-20/h1-6,11-12,14,24H,7-10,15H2,(H,26,27). The van der Waals surface area contributed by atoms with Crippen LogP contribution in [0.25, 0.3) is 10.8 Å². The normalized spacial score (nSPS) is 16.5. The Morgan fingerprint density at radius 3 is 2.61 bits per heavy atom. The first-order chi connectivity index (χ1) is 13.6. The molecule has 0 radical (unpaired) electrons. The second kappa shape index (κ2) is 7.37. The van der Waals surface area contributed by atoms with E-state index in [1.165, 1.54) is 0 Å². The number of nitrogens with zero attached hydrogens (tertiary/aromatic N) is 2. The van der Waals surface area contributed by atoms with Gasteiger partial charge in [-0.05, 0) is 34.5 Å². The van der Waals surface area contributed by atoms with Crippen molar-refractivity contribution >= 4 is 16.7 Å². The van der Waals surface area contributed by atoms with Gasteiger partial charge in [0.2, 0.25) is 5.60 Å². The van der Waals surface area contributed by atoms with Gasteiger partial charge in [0.25, 0.3) is 0 Å². The molecule has 6 nitrogen and oxygen atoms in total. The second-order valence-corrected chi connectivity index (χ2v) is 7.22. The van der Waals surface area contributed by atoms with Crippen molar-refractivity contribution in [3.8, 4) is 11.8 Å². The summed E-state index contributed by atoms with van der Waals surface area (Å²) in [4.78, 5) is 17.2. The van der Waals surface area contributed by atoms with Crippen molar-refractivity contribution in [3.05, 3.63) is 66.0 Å². The van der Waals surface area contributed by atoms with Crippen LogP contribution in [0, 0.1) is 11.3 Å². The number of nitriles is 1. The van der Waals surface area contributed by atoms with E-state index in [-0.39, 0.29) is 0 Å². The van der Waals surface area contributed by atoms with Crippen molar-refractivity contribution in [2.24, 2.45) is 0 Å². The zero-order valence-corrected chi connectivity index (χ0v) is 15.4. The molecule has 0 atom stereocenters. The minimum absolute atomic E-state index is 0.407. The van der Waals surface area contributed by atoms with Crippen LogP contribution in [-0.4, -0.2) is 39.7 Å². The smallest absolute Gasteiger partial charge is 0.348 e. The quantitative estimate of drug-likeness (QED) is 0.712. The monoisotopic (exact) mass is 375 g/mol. The number of likely N-dealkylation sites (tertiary alicyclic amines) is 1. The lowest BCUT2D eigenvalue weighted by atomic mass is 9.90. The number of hydrogen-bond donors (Lipinski definition) is 2. The van der Waals surface area contributed by atoms with Gasteiger partial charge in [-0.3, -0.25) is 4.90 Å². The van der Waals surface area contributed by atoms with Crippen molar-refractivity contribution in [2.75, 3.05) is 13.1 Å². The summed E-state index contributed by atoms with van der Waals surface area (Å²) < 4.78 is 6.06. The number of nitrogens with one attached hydrogen (secondary N) is 1. The maximum absolute atomic E-state index is 12.1. The number of carbonyl (C=O) groups is 1. The van der Waals surface area contributed by atoms with Gasteiger partial charge in [-0.1, -0.05) is 30.3 Å². The number of aromatic nitrogens is 1. The molecule has 1 aliphatic rings. The van der Waals surface area contributed by atoms with E-state index in [1.54, 1.807) is 0 Å². The topological polar surface area (TPSA) is 89.3 Å². The van der Waals surface area contributed by atoms with E-state index in [0.717, 1.165) is 16.3 Å². The number of ether oxygens (including phenoxy) is 1. The first-order valence-electron chi connectivity index (χ1n) is 9.29. The SMILES string of the molecule is N#Cc1cc(CN2CCC(Oc3ccc4ccccc4c3)(C(=O)O)CC2)c[nH]1. The van der Waals surface area contributed by atoms with Gasteiger partial charge in [-0.2, -0.15) is 5.26 Å². The zero-order valence-electron chi connectivity index (χ0n) is 15.4. The summed E-state index contributed by atoms with van der Waals surface area (Å²) >= 11 is 0. The number of rotatable bonds is 5. The molecule has 0 saturated carbocycles. The minimum atomic E-state index is -1.21. The van der Waals surface area contributed by atoms with Gasteiger partial charge >= 0.3 is 5.97 Å². The molecule has 0 amide bonds. The lowest BCUT2D eigenvalue weighted by Gasteiger charge is -2.38. The maximum Gasteiger partial charge on any atom is 0.348 e. The number of aliphatic carboxylic acids is 1. The van der Waals surface area contributed by atoms with E-state index >= 15 is 0 Å². The third-order valence-electron chi connectivity index (χ3n) is 5.36. The molecule has 1 aromatic heterocycles. The van der Waals surface area contributed by atoms with Crippen LogP contribution < -0.4 is 4.74 Å². The number of carboxylic acids is 1. The molecule has 0 bridgehead atoms. The van der Waals surface area contributed by atoms with E-state index in [9.17, 15) is 9.90 Å². The minimum Gasteiger partial charge on any atom is -0.478 e. The van der Waals surface area contributed by atoms with Crippen molar-refractivity contribution < 1.29 is 14.6 Å². The second-order valence-electron chi connectivity index (χ2n) is 7.22. The van der Waals surface area contributed by atoms with Gasteiger partial charge in [0.15, 0.2) is 0 Å². The summed E-state index contributed by atoms with van der Waals surface area (Å²) in [6, 6.07) is 17.5. The highest BCUT2D eigenvalue weighted by Gasteiger charge is 2.44. The molecule has 1 aliphatic heterocycles. The number of benzene rings is 2. The molecule has 3 aromatic rings. The van der Waals surface area contributed by atoms with E-state index in [1.807, 2.05) is 54.7 Å². The Labute approximate surface area is 163 Å². The van der Waals surface area contributed by atoms with Crippen molar-refractivity contribution in [1.29, 1.82) is 5.26 Å². The third kappa shape index (κ3) is 3.57. The molecular weight excluding hydrogens is 354 g/mol. The summed E-state index contributed by atoms with van der Waals surface area (Å²) in [5.74, 6) is -0.340. The van der Waals surface area contributed by atoms with Gasteiger partial charge in [0, 0.05) is 38.7 Å². The van der Waals surface area contributed by atoms with Crippen LogP contribution in [0.2, 0.25) is 0 Å². The van der Waals surface area contributed by atoms with E-state index in [2.05, 4.69) is 16.0 Å². The molecule has 1 saturated heterocycles. The highest BCUT2D eigenvalue weighted by Crippen LogP contribution is 2.31. The number of H-pyrrole nitrogens is 1. The van der Waals surface area contributed by atoms with E-state index in [0.29, 0.717) is 43.9 Å². The van der Waals surface area contributed by atoms with E-state index < -0.39 is 11.6 Å². The Morgan fingerprint density at radius 2 is 1.93 bits per heavy atom. The van der Waals surface area contributed by atoms with Crippen LogP contribution in [-0.2, 0) is 11.3 Å². The Hall–Kier alpha value is -3.30. The molecule has 2 heterocycles. The molecule has 0 unspecified atom stereocenters. The fourth-order valence-electron chi connectivity index (χ4n) is 3.74. The number of hydrogen-bond acceptors (Lipinski definition) is 4. The van der Waals surface area contributed by atoms with Crippen LogP contribution in [0.4, 0.5) is 0 Å². The molecule has 142 valence electrons. The summed E-state index contributed by atoms with van der Waals surface area (Å²) in [6.07, 6.45) is 2.64. The Balaban J connectivity index is 1.46. The highest BCUT2D eigenvalue weighted by molar-refractivity contribution is 5.84. The number of piperidine rings is 1. The van der Waals surface area contributed by atoms with Crippen LogP contribution >= 0.6 is 0 Å². The molecule has 0 spiro atoms. The molecule has 28 heavy (non-hydrogen) atoms. The number of fused-ring (bicyclic) bond motifs is 1. The summed E-state index contributed by atoms with van der Waals surface area (Å²) in [5.41, 5.74) is 0.343. The predicted molar refractivity (Wildman–Crippen MR) is 105 cm³/mol. The fraction of sp³-hybridized carbons (Fsp3) is 0.273. The van der Waals surface area contributed by atoms with Crippen LogP contribution in [0.1, 0.15) is 24.1 Å². The van der Waals surface area contributed by atoms with Gasteiger partial charge < -0.3 is 14.8 Å². The number of aromatic amines is 1. The zero-order chi connectivity index (χ0) is 19.6. The maximum atomic E-state index is 12.1. The summed E-state index contributed by atoms with van der Waals surface area (Å²) in [6.45, 7) is 1.92. The summed E-state index contributed by atoms with van der Waals surface area (Å²) in [5, 5.41) is 20.9. The van der Waals surface area contributed by atoms with Crippen molar-refractivity contribution in [2.45, 2.75) is 25.0 Å². The Kier molecular flexibility index (Phi) is 4.76. The molecule has 0 aliphatic carbocycles. The van der Waals surface area contributed by atoms with Crippen molar-refractivity contribution in [3.63, 3.8) is 0 Å². The van der Waals surface area contributed by atoms with Gasteiger partial charge in [-0.15, -0.1) is 0 Å². The average Bonchev–Trinajstić information content (AvgIpc) is 3.17. The molecule has 6 heteroatoms. The molecule has 1 fully saturated rings. The van der Waals surface area contributed by atoms with Crippen LogP contribution in [0.15, 0.2) is 54.7 Å². The summed E-state index contributed by atoms with van der Waals surface area (Å²) in [7, 11) is 0. The first kappa shape index (κ1) is 18.1. The average molecular weight is 375 g/mol. The van der Waals surface area contributed by atoms with Gasteiger partial charge in [0.05, 0.1) is 0 Å². The van der Waals surface area contributed by atoms with Crippen LogP contribution in [0.3, 0.4) is 0 Å².